The standard InChI is InChI=1S/C25H32N4O4S/c1-16(2)15-29-23(17(3)33-22-13-11-21(32-6)12-14-22)27-28-25(29)34-18(4)24(30)26-19-7-9-20(31-5)10-8-19/h7-14,16-18H,15H2,1-6H3,(H,26,30). The van der Waals surface area contributed by atoms with Crippen LogP contribution in [-0.4, -0.2) is 40.1 Å². The number of methoxy groups -OCH3 is 2. The molecule has 9 heteroatoms. The number of carbonyl (C=O) groups excluding carboxylic acids is 1. The van der Waals surface area contributed by atoms with E-state index in [-0.39, 0.29) is 17.3 Å². The summed E-state index contributed by atoms with van der Waals surface area (Å²) in [5.41, 5.74) is 0.712. The molecule has 1 amide bonds. The zero-order valence-corrected chi connectivity index (χ0v) is 21.3. The molecule has 0 aliphatic rings. The fraction of sp³-hybridized carbons (Fsp3) is 0.400. The number of nitrogens with one attached hydrogen (secondary N) is 1. The van der Waals surface area contributed by atoms with Gasteiger partial charge in [-0.05, 0) is 68.3 Å². The first-order valence-electron chi connectivity index (χ1n) is 11.2. The van der Waals surface area contributed by atoms with Crippen LogP contribution in [0, 0.1) is 5.92 Å². The van der Waals surface area contributed by atoms with Crippen molar-refractivity contribution in [1.82, 2.24) is 14.8 Å². The van der Waals surface area contributed by atoms with E-state index < -0.39 is 0 Å². The van der Waals surface area contributed by atoms with Crippen LogP contribution in [0.25, 0.3) is 0 Å². The molecular formula is C25H32N4O4S. The molecule has 182 valence electrons. The van der Waals surface area contributed by atoms with Crippen LogP contribution in [0.2, 0.25) is 0 Å². The third kappa shape index (κ3) is 6.66. The minimum atomic E-state index is -0.372. The monoisotopic (exact) mass is 484 g/mol. The van der Waals surface area contributed by atoms with Gasteiger partial charge in [0.2, 0.25) is 5.91 Å². The molecule has 0 aliphatic heterocycles. The highest BCUT2D eigenvalue weighted by Crippen LogP contribution is 2.29. The minimum absolute atomic E-state index is 0.113. The van der Waals surface area contributed by atoms with Crippen molar-refractivity contribution in [2.24, 2.45) is 5.92 Å². The molecule has 0 saturated carbocycles. The first-order valence-corrected chi connectivity index (χ1v) is 12.0. The highest BCUT2D eigenvalue weighted by molar-refractivity contribution is 8.00. The molecule has 2 aromatic carbocycles. The predicted octanol–water partition coefficient (Wildman–Crippen LogP) is 5.21. The van der Waals surface area contributed by atoms with Crippen molar-refractivity contribution in [3.8, 4) is 17.2 Å². The second-order valence-electron chi connectivity index (χ2n) is 8.26. The topological polar surface area (TPSA) is 87.5 Å². The van der Waals surface area contributed by atoms with Gasteiger partial charge >= 0.3 is 0 Å². The van der Waals surface area contributed by atoms with Crippen molar-refractivity contribution in [2.75, 3.05) is 19.5 Å². The third-order valence-electron chi connectivity index (χ3n) is 5.04. The van der Waals surface area contributed by atoms with Crippen molar-refractivity contribution in [1.29, 1.82) is 0 Å². The fourth-order valence-electron chi connectivity index (χ4n) is 3.27. The van der Waals surface area contributed by atoms with Crippen molar-refractivity contribution < 1.29 is 19.0 Å². The van der Waals surface area contributed by atoms with E-state index in [0.717, 1.165) is 17.3 Å². The predicted molar refractivity (Wildman–Crippen MR) is 134 cm³/mol. The van der Waals surface area contributed by atoms with Gasteiger partial charge < -0.3 is 24.1 Å². The number of aromatic nitrogens is 3. The van der Waals surface area contributed by atoms with E-state index in [4.69, 9.17) is 14.2 Å². The van der Waals surface area contributed by atoms with Gasteiger partial charge in [0.15, 0.2) is 17.1 Å². The molecule has 0 spiro atoms. The van der Waals surface area contributed by atoms with Gasteiger partial charge in [-0.2, -0.15) is 0 Å². The van der Waals surface area contributed by atoms with Crippen molar-refractivity contribution in [3.05, 3.63) is 54.4 Å². The van der Waals surface area contributed by atoms with Gasteiger partial charge in [0, 0.05) is 12.2 Å². The normalized spacial score (nSPS) is 12.8. The van der Waals surface area contributed by atoms with Crippen LogP contribution < -0.4 is 19.5 Å². The molecule has 1 heterocycles. The van der Waals surface area contributed by atoms with E-state index in [9.17, 15) is 4.79 Å². The number of thioether (sulfide) groups is 1. The lowest BCUT2D eigenvalue weighted by atomic mass is 10.2. The molecule has 34 heavy (non-hydrogen) atoms. The van der Waals surface area contributed by atoms with Crippen LogP contribution in [0.5, 0.6) is 17.2 Å². The van der Waals surface area contributed by atoms with E-state index in [0.29, 0.717) is 29.1 Å². The summed E-state index contributed by atoms with van der Waals surface area (Å²) < 4.78 is 18.5. The van der Waals surface area contributed by atoms with E-state index in [2.05, 4.69) is 29.4 Å². The Balaban J connectivity index is 1.72. The average molecular weight is 485 g/mol. The zero-order valence-electron chi connectivity index (χ0n) is 20.4. The number of amides is 1. The molecule has 0 fully saturated rings. The van der Waals surface area contributed by atoms with Crippen molar-refractivity contribution in [2.45, 2.75) is 50.8 Å². The quantitative estimate of drug-likeness (QED) is 0.374. The summed E-state index contributed by atoms with van der Waals surface area (Å²) in [5.74, 6) is 3.19. The Hall–Kier alpha value is -3.20. The SMILES string of the molecule is COc1ccc(NC(=O)C(C)Sc2nnc(C(C)Oc3ccc(OC)cc3)n2CC(C)C)cc1. The summed E-state index contributed by atoms with van der Waals surface area (Å²) in [6.45, 7) is 8.78. The molecule has 0 saturated heterocycles. The number of anilines is 1. The number of hydrogen-bond acceptors (Lipinski definition) is 7. The molecule has 0 bridgehead atoms. The van der Waals surface area contributed by atoms with E-state index in [1.54, 1.807) is 14.2 Å². The molecular weight excluding hydrogens is 452 g/mol. The Kier molecular flexibility index (Phi) is 8.81. The lowest BCUT2D eigenvalue weighted by Crippen LogP contribution is -2.23. The number of ether oxygens (including phenoxy) is 3. The molecule has 1 N–H and O–H groups in total. The maximum Gasteiger partial charge on any atom is 0.237 e. The lowest BCUT2D eigenvalue weighted by molar-refractivity contribution is -0.115. The molecule has 1 aromatic heterocycles. The number of nitrogens with zero attached hydrogens (tertiary/aromatic N) is 3. The molecule has 8 nitrogen and oxygen atoms in total. The number of benzene rings is 2. The summed E-state index contributed by atoms with van der Waals surface area (Å²) in [7, 11) is 3.24. The first kappa shape index (κ1) is 25.4. The second kappa shape index (κ2) is 11.8. The van der Waals surface area contributed by atoms with Gasteiger partial charge in [0.05, 0.1) is 19.5 Å². The maximum absolute atomic E-state index is 12.8. The summed E-state index contributed by atoms with van der Waals surface area (Å²) in [6, 6.07) is 14.7. The Morgan fingerprint density at radius 2 is 1.47 bits per heavy atom. The van der Waals surface area contributed by atoms with Gasteiger partial charge in [0.25, 0.3) is 0 Å². The highest BCUT2D eigenvalue weighted by atomic mass is 32.2. The summed E-state index contributed by atoms with van der Waals surface area (Å²) in [4.78, 5) is 12.8. The van der Waals surface area contributed by atoms with Gasteiger partial charge in [-0.3, -0.25) is 4.79 Å². The molecule has 0 radical (unpaired) electrons. The van der Waals surface area contributed by atoms with E-state index in [1.807, 2.05) is 66.9 Å². The zero-order chi connectivity index (χ0) is 24.7. The summed E-state index contributed by atoms with van der Waals surface area (Å²) in [5, 5.41) is 12.1. The summed E-state index contributed by atoms with van der Waals surface area (Å²) >= 11 is 1.38. The van der Waals surface area contributed by atoms with Gasteiger partial charge in [-0.25, -0.2) is 0 Å². The highest BCUT2D eigenvalue weighted by Gasteiger charge is 2.24. The van der Waals surface area contributed by atoms with Crippen LogP contribution in [0.4, 0.5) is 5.69 Å². The second-order valence-corrected chi connectivity index (χ2v) is 9.57. The fourth-order valence-corrected chi connectivity index (χ4v) is 4.13. The molecule has 2 unspecified atom stereocenters. The Bertz CT molecular complexity index is 1070. The van der Waals surface area contributed by atoms with Crippen molar-refractivity contribution >= 4 is 23.4 Å². The third-order valence-corrected chi connectivity index (χ3v) is 6.12. The van der Waals surface area contributed by atoms with Crippen LogP contribution in [0.1, 0.15) is 39.6 Å². The number of rotatable bonds is 11. The number of carbonyl (C=O) groups is 1. The van der Waals surface area contributed by atoms with Gasteiger partial charge in [0.1, 0.15) is 17.2 Å². The lowest BCUT2D eigenvalue weighted by Gasteiger charge is -2.19. The molecule has 3 aromatic rings. The number of hydrogen-bond donors (Lipinski definition) is 1. The first-order chi connectivity index (χ1) is 16.3. The van der Waals surface area contributed by atoms with Crippen LogP contribution >= 0.6 is 11.8 Å². The maximum atomic E-state index is 12.8. The van der Waals surface area contributed by atoms with Crippen LogP contribution in [0.15, 0.2) is 53.7 Å². The molecule has 2 atom stereocenters. The Morgan fingerprint density at radius 1 is 0.912 bits per heavy atom. The summed E-state index contributed by atoms with van der Waals surface area (Å²) in [6.07, 6.45) is -0.322. The molecule has 0 aliphatic carbocycles. The molecule has 3 rings (SSSR count). The van der Waals surface area contributed by atoms with Crippen LogP contribution in [0.3, 0.4) is 0 Å². The van der Waals surface area contributed by atoms with Gasteiger partial charge in [-0.1, -0.05) is 25.6 Å². The Labute approximate surface area is 205 Å². The van der Waals surface area contributed by atoms with E-state index >= 15 is 0 Å². The average Bonchev–Trinajstić information content (AvgIpc) is 3.21. The minimum Gasteiger partial charge on any atom is -0.497 e. The largest absolute Gasteiger partial charge is 0.497 e. The van der Waals surface area contributed by atoms with E-state index in [1.165, 1.54) is 11.8 Å². The Morgan fingerprint density at radius 3 is 2.03 bits per heavy atom. The van der Waals surface area contributed by atoms with Gasteiger partial charge in [-0.15, -0.1) is 10.2 Å². The van der Waals surface area contributed by atoms with Crippen molar-refractivity contribution in [3.63, 3.8) is 0 Å². The van der Waals surface area contributed by atoms with Crippen LogP contribution in [-0.2, 0) is 11.3 Å². The smallest absolute Gasteiger partial charge is 0.237 e.